The molecule has 0 unspecified atom stereocenters. The van der Waals surface area contributed by atoms with E-state index in [0.29, 0.717) is 18.9 Å². The topological polar surface area (TPSA) is 38.3 Å². The van der Waals surface area contributed by atoms with Gasteiger partial charge in [0, 0.05) is 16.8 Å². The van der Waals surface area contributed by atoms with Crippen LogP contribution in [0.25, 0.3) is 10.1 Å². The Morgan fingerprint density at radius 2 is 2.08 bits per heavy atom. The lowest BCUT2D eigenvalue weighted by molar-refractivity contribution is -0.119. The summed E-state index contributed by atoms with van der Waals surface area (Å²) < 4.78 is 7.19. The number of nitrogens with one attached hydrogen (secondary N) is 1. The Hall–Kier alpha value is -2.04. The Labute approximate surface area is 161 Å². The van der Waals surface area contributed by atoms with Crippen molar-refractivity contribution in [2.45, 2.75) is 31.8 Å². The zero-order valence-corrected chi connectivity index (χ0v) is 16.1. The second-order valence-electron chi connectivity index (χ2n) is 6.67. The molecule has 1 fully saturated rings. The number of thiophene rings is 1. The van der Waals surface area contributed by atoms with Gasteiger partial charge < -0.3 is 10.1 Å². The van der Waals surface area contributed by atoms with Crippen LogP contribution in [0.2, 0.25) is 5.02 Å². The van der Waals surface area contributed by atoms with Gasteiger partial charge in [-0.25, -0.2) is 0 Å². The van der Waals surface area contributed by atoms with Gasteiger partial charge in [0.15, 0.2) is 0 Å². The minimum atomic E-state index is 0.0281. The highest BCUT2D eigenvalue weighted by Gasteiger charge is 2.26. The third-order valence-corrected chi connectivity index (χ3v) is 6.01. The van der Waals surface area contributed by atoms with Gasteiger partial charge in [-0.2, -0.15) is 0 Å². The van der Waals surface area contributed by atoms with Gasteiger partial charge in [-0.05, 0) is 76.5 Å². The smallest absolute Gasteiger partial charge is 0.224 e. The van der Waals surface area contributed by atoms with Crippen LogP contribution in [0.4, 0.5) is 0 Å². The number of amides is 1. The van der Waals surface area contributed by atoms with Crippen molar-refractivity contribution < 1.29 is 9.53 Å². The monoisotopic (exact) mass is 385 g/mol. The molecule has 1 N–H and O–H groups in total. The number of halogens is 1. The van der Waals surface area contributed by atoms with Gasteiger partial charge >= 0.3 is 0 Å². The average molecular weight is 386 g/mol. The first-order chi connectivity index (χ1) is 12.6. The summed E-state index contributed by atoms with van der Waals surface area (Å²) in [7, 11) is 1.66. The van der Waals surface area contributed by atoms with E-state index >= 15 is 0 Å². The summed E-state index contributed by atoms with van der Waals surface area (Å²) >= 11 is 7.80. The van der Waals surface area contributed by atoms with E-state index in [9.17, 15) is 4.79 Å². The molecule has 3 aromatic rings. The SMILES string of the molecule is CNC(=O)Cc1csc2cc(OCc3ccc(Cl)cc3C3CC3)ccc12. The van der Waals surface area contributed by atoms with Crippen LogP contribution in [0.1, 0.15) is 35.4 Å². The highest BCUT2D eigenvalue weighted by Crippen LogP contribution is 2.42. The molecule has 3 nitrogen and oxygen atoms in total. The van der Waals surface area contributed by atoms with Gasteiger partial charge in [0.25, 0.3) is 0 Å². The van der Waals surface area contributed by atoms with Crippen molar-refractivity contribution in [1.82, 2.24) is 5.32 Å². The Morgan fingerprint density at radius 3 is 2.85 bits per heavy atom. The summed E-state index contributed by atoms with van der Waals surface area (Å²) in [5, 5.41) is 6.63. The first-order valence-corrected chi connectivity index (χ1v) is 10.0. The first kappa shape index (κ1) is 17.4. The number of rotatable bonds is 6. The molecule has 0 atom stereocenters. The van der Waals surface area contributed by atoms with Crippen molar-refractivity contribution in [2.24, 2.45) is 0 Å². The molecule has 4 rings (SSSR count). The predicted molar refractivity (Wildman–Crippen MR) is 107 cm³/mol. The third-order valence-electron chi connectivity index (χ3n) is 4.78. The van der Waals surface area contributed by atoms with Crippen LogP contribution < -0.4 is 10.1 Å². The molecule has 0 saturated heterocycles. The summed E-state index contributed by atoms with van der Waals surface area (Å²) in [5.74, 6) is 1.52. The second-order valence-corrected chi connectivity index (χ2v) is 8.02. The average Bonchev–Trinajstić information content (AvgIpc) is 3.43. The van der Waals surface area contributed by atoms with Crippen molar-refractivity contribution in [1.29, 1.82) is 0 Å². The first-order valence-electron chi connectivity index (χ1n) is 8.76. The van der Waals surface area contributed by atoms with Crippen LogP contribution in [0.5, 0.6) is 5.75 Å². The third kappa shape index (κ3) is 3.71. The van der Waals surface area contributed by atoms with Crippen molar-refractivity contribution in [3.63, 3.8) is 0 Å². The summed E-state index contributed by atoms with van der Waals surface area (Å²) in [6.45, 7) is 0.547. The van der Waals surface area contributed by atoms with Gasteiger partial charge in [-0.15, -0.1) is 11.3 Å². The lowest BCUT2D eigenvalue weighted by Gasteiger charge is -2.11. The molecule has 0 radical (unpaired) electrons. The van der Waals surface area contributed by atoms with Gasteiger partial charge in [0.05, 0.1) is 6.42 Å². The molecule has 1 saturated carbocycles. The summed E-state index contributed by atoms with van der Waals surface area (Å²) in [5.41, 5.74) is 3.59. The maximum Gasteiger partial charge on any atom is 0.224 e. The fraction of sp³-hybridized carbons (Fsp3) is 0.286. The van der Waals surface area contributed by atoms with Crippen molar-refractivity contribution in [3.05, 3.63) is 63.5 Å². The Bertz CT molecular complexity index is 962. The number of hydrogen-bond donors (Lipinski definition) is 1. The number of carbonyl (C=O) groups is 1. The molecule has 0 bridgehead atoms. The van der Waals surface area contributed by atoms with Gasteiger partial charge in [0.1, 0.15) is 12.4 Å². The number of benzene rings is 2. The zero-order valence-electron chi connectivity index (χ0n) is 14.5. The highest BCUT2D eigenvalue weighted by molar-refractivity contribution is 7.17. The minimum Gasteiger partial charge on any atom is -0.489 e. The molecular weight excluding hydrogens is 366 g/mol. The lowest BCUT2D eigenvalue weighted by Crippen LogP contribution is -2.19. The summed E-state index contributed by atoms with van der Waals surface area (Å²) in [4.78, 5) is 11.6. The van der Waals surface area contributed by atoms with E-state index in [2.05, 4.69) is 23.5 Å². The number of fused-ring (bicyclic) bond motifs is 1. The van der Waals surface area contributed by atoms with E-state index in [1.54, 1.807) is 18.4 Å². The molecule has 1 heterocycles. The fourth-order valence-electron chi connectivity index (χ4n) is 3.18. The van der Waals surface area contributed by atoms with E-state index in [4.69, 9.17) is 16.3 Å². The molecule has 0 aliphatic heterocycles. The van der Waals surface area contributed by atoms with Crippen LogP contribution in [0.15, 0.2) is 41.8 Å². The number of likely N-dealkylation sites (N-methyl/N-ethyl adjacent to an activating group) is 1. The van der Waals surface area contributed by atoms with E-state index in [1.807, 2.05) is 23.6 Å². The molecule has 1 aliphatic rings. The molecule has 1 amide bonds. The van der Waals surface area contributed by atoms with Crippen molar-refractivity contribution in [3.8, 4) is 5.75 Å². The largest absolute Gasteiger partial charge is 0.489 e. The van der Waals surface area contributed by atoms with Crippen molar-refractivity contribution in [2.75, 3.05) is 7.05 Å². The molecule has 5 heteroatoms. The molecule has 1 aliphatic carbocycles. The van der Waals surface area contributed by atoms with E-state index in [-0.39, 0.29) is 5.91 Å². The summed E-state index contributed by atoms with van der Waals surface area (Å²) in [6.07, 6.45) is 2.89. The number of hydrogen-bond acceptors (Lipinski definition) is 3. The van der Waals surface area contributed by atoms with E-state index in [1.165, 1.54) is 24.0 Å². The molecule has 2 aromatic carbocycles. The van der Waals surface area contributed by atoms with Crippen LogP contribution in [0.3, 0.4) is 0 Å². The lowest BCUT2D eigenvalue weighted by atomic mass is 10.0. The maximum atomic E-state index is 11.6. The quantitative estimate of drug-likeness (QED) is 0.625. The van der Waals surface area contributed by atoms with Crippen LogP contribution in [-0.4, -0.2) is 13.0 Å². The van der Waals surface area contributed by atoms with Gasteiger partial charge in [0.2, 0.25) is 5.91 Å². The summed E-state index contributed by atoms with van der Waals surface area (Å²) in [6, 6.07) is 12.2. The maximum absolute atomic E-state index is 11.6. The highest BCUT2D eigenvalue weighted by atomic mass is 35.5. The Balaban J connectivity index is 1.51. The van der Waals surface area contributed by atoms with Crippen LogP contribution in [-0.2, 0) is 17.8 Å². The molecular formula is C21H20ClNO2S. The van der Waals surface area contributed by atoms with Crippen LogP contribution >= 0.6 is 22.9 Å². The molecule has 26 heavy (non-hydrogen) atoms. The van der Waals surface area contributed by atoms with Gasteiger partial charge in [-0.3, -0.25) is 4.79 Å². The van der Waals surface area contributed by atoms with E-state index < -0.39 is 0 Å². The van der Waals surface area contributed by atoms with Gasteiger partial charge in [-0.1, -0.05) is 17.7 Å². The Morgan fingerprint density at radius 1 is 1.23 bits per heavy atom. The molecule has 134 valence electrons. The standard InChI is InChI=1S/C21H20ClNO2S/c1-23-21(24)8-15-12-26-20-10-17(6-7-18(15)20)25-11-14-4-5-16(22)9-19(14)13-2-3-13/h4-7,9-10,12-13H,2-3,8,11H2,1H3,(H,23,24). The molecule has 0 spiro atoms. The molecule has 1 aromatic heterocycles. The Kier molecular flexibility index (Phi) is 4.88. The van der Waals surface area contributed by atoms with Crippen molar-refractivity contribution >= 4 is 38.9 Å². The normalized spacial score (nSPS) is 13.8. The number of carbonyl (C=O) groups excluding carboxylic acids is 1. The second kappa shape index (κ2) is 7.29. The minimum absolute atomic E-state index is 0.0281. The zero-order chi connectivity index (χ0) is 18.1. The fourth-order valence-corrected chi connectivity index (χ4v) is 4.35. The number of ether oxygens (including phenoxy) is 1. The van der Waals surface area contributed by atoms with E-state index in [0.717, 1.165) is 26.4 Å². The van der Waals surface area contributed by atoms with Crippen LogP contribution in [0, 0.1) is 0 Å². The predicted octanol–water partition coefficient (Wildman–Crippen LogP) is 5.30.